The lowest BCUT2D eigenvalue weighted by atomic mass is 10.1. The van der Waals surface area contributed by atoms with E-state index in [1.165, 1.54) is 0 Å². The Bertz CT molecular complexity index is 766. The molecule has 0 spiro atoms. The molecule has 1 aliphatic heterocycles. The monoisotopic (exact) mass is 372 g/mol. The van der Waals surface area contributed by atoms with Crippen molar-refractivity contribution in [1.82, 2.24) is 14.8 Å². The summed E-state index contributed by atoms with van der Waals surface area (Å²) in [6.45, 7) is 4.22. The first-order valence-corrected chi connectivity index (χ1v) is 9.63. The predicted molar refractivity (Wildman–Crippen MR) is 103 cm³/mol. The average molecular weight is 372 g/mol. The van der Waals surface area contributed by atoms with Gasteiger partial charge in [-0.05, 0) is 37.5 Å². The van der Waals surface area contributed by atoms with E-state index in [2.05, 4.69) is 10.3 Å². The zero-order chi connectivity index (χ0) is 18.5. The van der Waals surface area contributed by atoms with E-state index in [0.717, 1.165) is 47.1 Å². The third-order valence-electron chi connectivity index (χ3n) is 4.43. The summed E-state index contributed by atoms with van der Waals surface area (Å²) in [7, 11) is 1.76. The lowest BCUT2D eigenvalue weighted by Gasteiger charge is -2.17. The molecule has 138 valence electrons. The second-order valence-electron chi connectivity index (χ2n) is 6.59. The summed E-state index contributed by atoms with van der Waals surface area (Å²) in [5.41, 5.74) is 1.69. The van der Waals surface area contributed by atoms with E-state index in [0.29, 0.717) is 13.0 Å². The number of thiazole rings is 1. The van der Waals surface area contributed by atoms with Gasteiger partial charge in [0.2, 0.25) is 5.91 Å². The number of aromatic nitrogens is 1. The van der Waals surface area contributed by atoms with Gasteiger partial charge in [0.25, 0.3) is 0 Å². The molecule has 1 saturated heterocycles. The number of rotatable bonds is 5. The number of carbonyl (C=O) groups excluding carboxylic acids is 2. The minimum absolute atomic E-state index is 0.169. The minimum Gasteiger partial charge on any atom is -0.342 e. The summed E-state index contributed by atoms with van der Waals surface area (Å²) >= 11 is 1.59. The van der Waals surface area contributed by atoms with Crippen LogP contribution in [-0.4, -0.2) is 46.9 Å². The molecule has 1 aromatic heterocycles. The number of likely N-dealkylation sites (tertiary alicyclic amines) is 1. The third kappa shape index (κ3) is 4.82. The first kappa shape index (κ1) is 18.4. The Balaban J connectivity index is 1.51. The highest BCUT2D eigenvalue weighted by molar-refractivity contribution is 7.11. The average Bonchev–Trinajstić information content (AvgIpc) is 3.28. The number of nitrogens with one attached hydrogen (secondary N) is 1. The van der Waals surface area contributed by atoms with Crippen molar-refractivity contribution in [3.8, 4) is 0 Å². The van der Waals surface area contributed by atoms with Gasteiger partial charge < -0.3 is 15.1 Å². The van der Waals surface area contributed by atoms with E-state index in [-0.39, 0.29) is 11.9 Å². The van der Waals surface area contributed by atoms with Gasteiger partial charge in [-0.15, -0.1) is 11.3 Å². The largest absolute Gasteiger partial charge is 0.342 e. The standard InChI is InChI=1S/C19H24N4O2S/c1-14-20-12-17(26-14)13-22(2)19(25)21-16-7-5-15(6-8-16)11-18(24)23-9-3-4-10-23/h5-8,12H,3-4,9-11,13H2,1-2H3,(H,21,25). The van der Waals surface area contributed by atoms with E-state index < -0.39 is 0 Å². The van der Waals surface area contributed by atoms with Crippen molar-refractivity contribution in [2.75, 3.05) is 25.5 Å². The molecule has 0 unspecified atom stereocenters. The maximum absolute atomic E-state index is 12.3. The summed E-state index contributed by atoms with van der Waals surface area (Å²) in [6, 6.07) is 7.31. The number of carbonyl (C=O) groups is 2. The van der Waals surface area contributed by atoms with Crippen LogP contribution >= 0.6 is 11.3 Å². The second-order valence-corrected chi connectivity index (χ2v) is 7.91. The fourth-order valence-corrected chi connectivity index (χ4v) is 3.81. The summed E-state index contributed by atoms with van der Waals surface area (Å²) in [4.78, 5) is 33.3. The van der Waals surface area contributed by atoms with Crippen molar-refractivity contribution in [2.45, 2.75) is 32.7 Å². The highest BCUT2D eigenvalue weighted by Gasteiger charge is 2.18. The Morgan fingerprint density at radius 3 is 2.54 bits per heavy atom. The lowest BCUT2D eigenvalue weighted by molar-refractivity contribution is -0.129. The molecule has 0 radical (unpaired) electrons. The van der Waals surface area contributed by atoms with Crippen molar-refractivity contribution in [2.24, 2.45) is 0 Å². The smallest absolute Gasteiger partial charge is 0.321 e. The summed E-state index contributed by atoms with van der Waals surface area (Å²) in [5, 5.41) is 3.87. The van der Waals surface area contributed by atoms with Gasteiger partial charge in [-0.2, -0.15) is 0 Å². The van der Waals surface area contributed by atoms with Crippen LogP contribution in [0.1, 0.15) is 28.3 Å². The Hall–Kier alpha value is -2.41. The fraction of sp³-hybridized carbons (Fsp3) is 0.421. The molecule has 1 fully saturated rings. The molecule has 3 rings (SSSR count). The van der Waals surface area contributed by atoms with E-state index in [1.807, 2.05) is 36.1 Å². The lowest BCUT2D eigenvalue weighted by Crippen LogP contribution is -2.30. The van der Waals surface area contributed by atoms with Gasteiger partial charge >= 0.3 is 6.03 Å². The molecule has 0 bridgehead atoms. The Labute approximate surface area is 157 Å². The molecule has 3 amide bonds. The summed E-state index contributed by atoms with van der Waals surface area (Å²) < 4.78 is 0. The van der Waals surface area contributed by atoms with Gasteiger partial charge in [-0.25, -0.2) is 9.78 Å². The van der Waals surface area contributed by atoms with Crippen LogP contribution in [0.25, 0.3) is 0 Å². The summed E-state index contributed by atoms with van der Waals surface area (Å²) in [6.07, 6.45) is 4.42. The predicted octanol–water partition coefficient (Wildman–Crippen LogP) is 3.28. The molecule has 26 heavy (non-hydrogen) atoms. The van der Waals surface area contributed by atoms with Crippen LogP contribution < -0.4 is 5.32 Å². The van der Waals surface area contributed by atoms with Gasteiger partial charge in [0, 0.05) is 36.9 Å². The second kappa shape index (κ2) is 8.31. The number of hydrogen-bond acceptors (Lipinski definition) is 4. The van der Waals surface area contributed by atoms with Gasteiger partial charge in [-0.1, -0.05) is 12.1 Å². The Morgan fingerprint density at radius 2 is 1.92 bits per heavy atom. The number of anilines is 1. The molecule has 2 heterocycles. The number of aryl methyl sites for hydroxylation is 1. The van der Waals surface area contributed by atoms with Crippen LogP contribution in [0.5, 0.6) is 0 Å². The van der Waals surface area contributed by atoms with Crippen molar-refractivity contribution in [3.63, 3.8) is 0 Å². The van der Waals surface area contributed by atoms with E-state index in [9.17, 15) is 9.59 Å². The Kier molecular flexibility index (Phi) is 5.88. The number of amides is 3. The molecule has 6 nitrogen and oxygen atoms in total. The van der Waals surface area contributed by atoms with Crippen LogP contribution in [0, 0.1) is 6.92 Å². The number of benzene rings is 1. The molecule has 0 saturated carbocycles. The Morgan fingerprint density at radius 1 is 1.23 bits per heavy atom. The van der Waals surface area contributed by atoms with Crippen molar-refractivity contribution >= 4 is 29.0 Å². The maximum atomic E-state index is 12.3. The van der Waals surface area contributed by atoms with Crippen LogP contribution in [0.3, 0.4) is 0 Å². The number of hydrogen-bond donors (Lipinski definition) is 1. The van der Waals surface area contributed by atoms with Gasteiger partial charge in [0.1, 0.15) is 0 Å². The quantitative estimate of drug-likeness (QED) is 0.876. The molecule has 0 atom stereocenters. The molecule has 1 aliphatic rings. The summed E-state index contributed by atoms with van der Waals surface area (Å²) in [5.74, 6) is 0.180. The molecular weight excluding hydrogens is 348 g/mol. The number of urea groups is 1. The first-order valence-electron chi connectivity index (χ1n) is 8.81. The highest BCUT2D eigenvalue weighted by atomic mass is 32.1. The first-order chi connectivity index (χ1) is 12.5. The van der Waals surface area contributed by atoms with Crippen molar-refractivity contribution < 1.29 is 9.59 Å². The zero-order valence-corrected chi connectivity index (χ0v) is 16.0. The molecule has 7 heteroatoms. The fourth-order valence-electron chi connectivity index (χ4n) is 2.96. The molecule has 0 aliphatic carbocycles. The molecule has 2 aromatic rings. The van der Waals surface area contributed by atoms with Crippen LogP contribution in [-0.2, 0) is 17.8 Å². The van der Waals surface area contributed by atoms with Crippen molar-refractivity contribution in [1.29, 1.82) is 0 Å². The van der Waals surface area contributed by atoms with E-state index >= 15 is 0 Å². The molecule has 1 N–H and O–H groups in total. The molecular formula is C19H24N4O2S. The third-order valence-corrected chi connectivity index (χ3v) is 5.33. The van der Waals surface area contributed by atoms with E-state index in [4.69, 9.17) is 0 Å². The van der Waals surface area contributed by atoms with Crippen LogP contribution in [0.4, 0.5) is 10.5 Å². The van der Waals surface area contributed by atoms with Crippen LogP contribution in [0.15, 0.2) is 30.5 Å². The van der Waals surface area contributed by atoms with Gasteiger partial charge in [0.15, 0.2) is 0 Å². The zero-order valence-electron chi connectivity index (χ0n) is 15.2. The van der Waals surface area contributed by atoms with Crippen molar-refractivity contribution in [3.05, 3.63) is 45.9 Å². The van der Waals surface area contributed by atoms with Gasteiger partial charge in [-0.3, -0.25) is 4.79 Å². The topological polar surface area (TPSA) is 65.5 Å². The SMILES string of the molecule is Cc1ncc(CN(C)C(=O)Nc2ccc(CC(=O)N3CCCC3)cc2)s1. The maximum Gasteiger partial charge on any atom is 0.321 e. The molecule has 1 aromatic carbocycles. The van der Waals surface area contributed by atoms with E-state index in [1.54, 1.807) is 29.5 Å². The number of nitrogens with zero attached hydrogens (tertiary/aromatic N) is 3. The normalized spacial score (nSPS) is 13.7. The minimum atomic E-state index is -0.169. The van der Waals surface area contributed by atoms with Crippen LogP contribution in [0.2, 0.25) is 0 Å². The highest BCUT2D eigenvalue weighted by Crippen LogP contribution is 2.16. The van der Waals surface area contributed by atoms with Gasteiger partial charge in [0.05, 0.1) is 18.0 Å².